The summed E-state index contributed by atoms with van der Waals surface area (Å²) in [6, 6.07) is 3.91. The minimum atomic E-state index is -0.948. The molecule has 2 aromatic rings. The summed E-state index contributed by atoms with van der Waals surface area (Å²) in [4.78, 5) is 18.3. The van der Waals surface area contributed by atoms with E-state index in [0.717, 1.165) is 30.0 Å². The van der Waals surface area contributed by atoms with E-state index in [1.165, 1.54) is 6.42 Å². The SMILES string of the molecule is Cc1cccn2c(CN3CC(C)CC(C)C3)c(C(=O)O)nc12. The molecule has 0 aromatic carbocycles. The Kier molecular flexibility index (Phi) is 3.91. The highest BCUT2D eigenvalue weighted by Crippen LogP contribution is 2.24. The second-order valence-corrected chi connectivity index (χ2v) is 6.74. The Labute approximate surface area is 130 Å². The maximum Gasteiger partial charge on any atom is 0.356 e. The number of aromatic nitrogens is 2. The lowest BCUT2D eigenvalue weighted by molar-refractivity contribution is 0.0686. The van der Waals surface area contributed by atoms with Crippen molar-refractivity contribution in [1.82, 2.24) is 14.3 Å². The topological polar surface area (TPSA) is 57.8 Å². The first kappa shape index (κ1) is 15.0. The van der Waals surface area contributed by atoms with Gasteiger partial charge in [0, 0.05) is 25.8 Å². The zero-order chi connectivity index (χ0) is 15.9. The second-order valence-electron chi connectivity index (χ2n) is 6.74. The molecule has 0 aliphatic carbocycles. The largest absolute Gasteiger partial charge is 0.476 e. The fraction of sp³-hybridized carbons (Fsp3) is 0.529. The van der Waals surface area contributed by atoms with Gasteiger partial charge in [0.1, 0.15) is 5.65 Å². The summed E-state index contributed by atoms with van der Waals surface area (Å²) >= 11 is 0. The van der Waals surface area contributed by atoms with Gasteiger partial charge in [-0.05, 0) is 36.8 Å². The number of piperidine rings is 1. The molecular formula is C17H23N3O2. The molecule has 1 saturated heterocycles. The molecule has 0 bridgehead atoms. The van der Waals surface area contributed by atoms with Gasteiger partial charge < -0.3 is 9.51 Å². The molecule has 5 nitrogen and oxygen atoms in total. The molecule has 1 N–H and O–H groups in total. The van der Waals surface area contributed by atoms with Crippen LogP contribution in [0.2, 0.25) is 0 Å². The lowest BCUT2D eigenvalue weighted by atomic mass is 9.92. The Morgan fingerprint density at radius 3 is 2.68 bits per heavy atom. The number of aryl methyl sites for hydroxylation is 1. The molecule has 0 amide bonds. The van der Waals surface area contributed by atoms with E-state index in [4.69, 9.17) is 0 Å². The van der Waals surface area contributed by atoms with Crippen LogP contribution in [-0.2, 0) is 6.54 Å². The van der Waals surface area contributed by atoms with Crippen LogP contribution in [0, 0.1) is 18.8 Å². The predicted molar refractivity (Wildman–Crippen MR) is 85.1 cm³/mol. The molecule has 3 rings (SSSR count). The molecule has 2 unspecified atom stereocenters. The van der Waals surface area contributed by atoms with Gasteiger partial charge in [-0.3, -0.25) is 4.90 Å². The number of carboxylic acid groups (broad SMARTS) is 1. The molecule has 1 aliphatic heterocycles. The normalized spacial score (nSPS) is 23.0. The quantitative estimate of drug-likeness (QED) is 0.947. The van der Waals surface area contributed by atoms with Crippen molar-refractivity contribution in [3.8, 4) is 0 Å². The lowest BCUT2D eigenvalue weighted by Gasteiger charge is -2.34. The number of hydrogen-bond acceptors (Lipinski definition) is 3. The molecule has 2 atom stereocenters. The number of carbonyl (C=O) groups is 1. The number of pyridine rings is 1. The standard InChI is InChI=1S/C17H23N3O2/c1-11-7-12(2)9-19(8-11)10-14-15(17(21)22)18-16-13(3)5-4-6-20(14)16/h4-6,11-12H,7-10H2,1-3H3,(H,21,22). The summed E-state index contributed by atoms with van der Waals surface area (Å²) in [6.45, 7) is 9.16. The Morgan fingerprint density at radius 1 is 1.36 bits per heavy atom. The van der Waals surface area contributed by atoms with Crippen molar-refractivity contribution in [2.45, 2.75) is 33.7 Å². The molecule has 5 heteroatoms. The van der Waals surface area contributed by atoms with Crippen molar-refractivity contribution in [2.24, 2.45) is 11.8 Å². The van der Waals surface area contributed by atoms with Gasteiger partial charge in [0.05, 0.1) is 5.69 Å². The second kappa shape index (κ2) is 5.72. The Bertz CT molecular complexity index is 697. The zero-order valence-corrected chi connectivity index (χ0v) is 13.4. The van der Waals surface area contributed by atoms with E-state index >= 15 is 0 Å². The van der Waals surface area contributed by atoms with Gasteiger partial charge in [-0.15, -0.1) is 0 Å². The predicted octanol–water partition coefficient (Wildman–Crippen LogP) is 2.82. The van der Waals surface area contributed by atoms with Crippen LogP contribution in [0.1, 0.15) is 42.0 Å². The first-order valence-electron chi connectivity index (χ1n) is 7.88. The maximum absolute atomic E-state index is 11.6. The average Bonchev–Trinajstić information content (AvgIpc) is 2.78. The smallest absolute Gasteiger partial charge is 0.356 e. The van der Waals surface area contributed by atoms with Crippen LogP contribution in [0.4, 0.5) is 0 Å². The van der Waals surface area contributed by atoms with Crippen LogP contribution in [-0.4, -0.2) is 38.4 Å². The van der Waals surface area contributed by atoms with Gasteiger partial charge in [0.25, 0.3) is 0 Å². The van der Waals surface area contributed by atoms with Crippen molar-refractivity contribution >= 4 is 11.6 Å². The highest BCUT2D eigenvalue weighted by molar-refractivity contribution is 5.88. The van der Waals surface area contributed by atoms with Gasteiger partial charge in [-0.1, -0.05) is 19.9 Å². The van der Waals surface area contributed by atoms with E-state index in [-0.39, 0.29) is 5.69 Å². The summed E-state index contributed by atoms with van der Waals surface area (Å²) in [7, 11) is 0. The van der Waals surface area contributed by atoms with Crippen molar-refractivity contribution in [3.05, 3.63) is 35.3 Å². The minimum absolute atomic E-state index is 0.181. The van der Waals surface area contributed by atoms with E-state index in [0.29, 0.717) is 18.4 Å². The first-order chi connectivity index (χ1) is 10.5. The van der Waals surface area contributed by atoms with E-state index in [2.05, 4.69) is 23.7 Å². The van der Waals surface area contributed by atoms with Crippen LogP contribution in [0.25, 0.3) is 5.65 Å². The molecule has 0 saturated carbocycles. The van der Waals surface area contributed by atoms with Crippen molar-refractivity contribution in [1.29, 1.82) is 0 Å². The molecule has 2 aromatic heterocycles. The van der Waals surface area contributed by atoms with E-state index in [9.17, 15) is 9.90 Å². The van der Waals surface area contributed by atoms with Gasteiger partial charge in [0.15, 0.2) is 5.69 Å². The zero-order valence-electron chi connectivity index (χ0n) is 13.4. The van der Waals surface area contributed by atoms with Gasteiger partial charge >= 0.3 is 5.97 Å². The number of aromatic carboxylic acids is 1. The molecule has 0 spiro atoms. The summed E-state index contributed by atoms with van der Waals surface area (Å²) < 4.78 is 1.93. The molecule has 1 fully saturated rings. The van der Waals surface area contributed by atoms with Crippen LogP contribution in [0.5, 0.6) is 0 Å². The Hall–Kier alpha value is -1.88. The molecule has 3 heterocycles. The van der Waals surface area contributed by atoms with E-state index in [1.807, 2.05) is 29.7 Å². The molecule has 1 aliphatic rings. The first-order valence-corrected chi connectivity index (χ1v) is 7.88. The number of nitrogens with zero attached hydrogens (tertiary/aromatic N) is 3. The molecule has 22 heavy (non-hydrogen) atoms. The fourth-order valence-electron chi connectivity index (χ4n) is 3.71. The third-order valence-electron chi connectivity index (χ3n) is 4.46. The number of fused-ring (bicyclic) bond motifs is 1. The van der Waals surface area contributed by atoms with Gasteiger partial charge in [-0.2, -0.15) is 0 Å². The Balaban J connectivity index is 2.00. The van der Waals surface area contributed by atoms with Crippen molar-refractivity contribution in [3.63, 3.8) is 0 Å². The monoisotopic (exact) mass is 301 g/mol. The highest BCUT2D eigenvalue weighted by Gasteiger charge is 2.26. The number of likely N-dealkylation sites (tertiary alicyclic amines) is 1. The maximum atomic E-state index is 11.6. The number of imidazole rings is 1. The van der Waals surface area contributed by atoms with Crippen molar-refractivity contribution < 1.29 is 9.90 Å². The van der Waals surface area contributed by atoms with E-state index < -0.39 is 5.97 Å². The summed E-state index contributed by atoms with van der Waals surface area (Å²) in [6.07, 6.45) is 3.16. The van der Waals surface area contributed by atoms with Crippen LogP contribution in [0.15, 0.2) is 18.3 Å². The van der Waals surface area contributed by atoms with Crippen LogP contribution < -0.4 is 0 Å². The molecular weight excluding hydrogens is 278 g/mol. The number of carboxylic acids is 1. The summed E-state index contributed by atoms with van der Waals surface area (Å²) in [5.74, 6) is 0.354. The highest BCUT2D eigenvalue weighted by atomic mass is 16.4. The number of rotatable bonds is 3. The van der Waals surface area contributed by atoms with Gasteiger partial charge in [-0.25, -0.2) is 9.78 Å². The fourth-order valence-corrected chi connectivity index (χ4v) is 3.71. The van der Waals surface area contributed by atoms with Crippen molar-refractivity contribution in [2.75, 3.05) is 13.1 Å². The summed E-state index contributed by atoms with van der Waals surface area (Å²) in [5.41, 5.74) is 2.71. The average molecular weight is 301 g/mol. The Morgan fingerprint density at radius 2 is 2.05 bits per heavy atom. The minimum Gasteiger partial charge on any atom is -0.476 e. The third-order valence-corrected chi connectivity index (χ3v) is 4.46. The molecule has 118 valence electrons. The third kappa shape index (κ3) is 2.73. The number of hydrogen-bond donors (Lipinski definition) is 1. The van der Waals surface area contributed by atoms with Gasteiger partial charge in [0.2, 0.25) is 0 Å². The lowest BCUT2D eigenvalue weighted by Crippen LogP contribution is -2.38. The molecule has 0 radical (unpaired) electrons. The van der Waals surface area contributed by atoms with Crippen LogP contribution in [0.3, 0.4) is 0 Å². The van der Waals surface area contributed by atoms with E-state index in [1.54, 1.807) is 0 Å². The van der Waals surface area contributed by atoms with Crippen LogP contribution >= 0.6 is 0 Å². The summed E-state index contributed by atoms with van der Waals surface area (Å²) in [5, 5.41) is 9.50.